The number of hydrogen-bond acceptors (Lipinski definition) is 6. The molecule has 1 aromatic heterocycles. The summed E-state index contributed by atoms with van der Waals surface area (Å²) >= 11 is 1.65. The van der Waals surface area contributed by atoms with E-state index in [0.29, 0.717) is 23.6 Å². The SMILES string of the molecule is COc1cc(OC)cc(C(=O)N[C@@H](C(=O)NC[C@@H](c2cccs2)N(C)C)C(C)C)c1. The summed E-state index contributed by atoms with van der Waals surface area (Å²) in [5.74, 6) is 0.366. The normalized spacial score (nSPS) is 13.1. The molecule has 164 valence electrons. The van der Waals surface area contributed by atoms with E-state index >= 15 is 0 Å². The molecule has 1 heterocycles. The first kappa shape index (κ1) is 23.7. The van der Waals surface area contributed by atoms with Gasteiger partial charge in [-0.3, -0.25) is 9.59 Å². The quantitative estimate of drug-likeness (QED) is 0.602. The highest BCUT2D eigenvalue weighted by molar-refractivity contribution is 7.10. The first-order chi connectivity index (χ1) is 14.3. The molecular weight excluding hydrogens is 402 g/mol. The second kappa shape index (κ2) is 11.0. The molecule has 0 unspecified atom stereocenters. The van der Waals surface area contributed by atoms with E-state index in [4.69, 9.17) is 9.47 Å². The fraction of sp³-hybridized carbons (Fsp3) is 0.455. The number of nitrogens with zero attached hydrogens (tertiary/aromatic N) is 1. The van der Waals surface area contributed by atoms with Crippen molar-refractivity contribution < 1.29 is 19.1 Å². The van der Waals surface area contributed by atoms with Gasteiger partial charge < -0.3 is 25.0 Å². The third-order valence-corrected chi connectivity index (χ3v) is 5.79. The van der Waals surface area contributed by atoms with Crippen LogP contribution in [0.3, 0.4) is 0 Å². The summed E-state index contributed by atoms with van der Waals surface area (Å²) in [5, 5.41) is 7.87. The van der Waals surface area contributed by atoms with Crippen LogP contribution in [0.1, 0.15) is 35.1 Å². The number of hydrogen-bond donors (Lipinski definition) is 2. The number of methoxy groups -OCH3 is 2. The van der Waals surface area contributed by atoms with Gasteiger partial charge in [0.25, 0.3) is 5.91 Å². The third kappa shape index (κ3) is 6.21. The number of rotatable bonds is 10. The fourth-order valence-corrected chi connectivity index (χ4v) is 3.95. The molecule has 0 aliphatic heterocycles. The van der Waals surface area contributed by atoms with E-state index in [1.807, 2.05) is 39.4 Å². The van der Waals surface area contributed by atoms with Crippen LogP contribution >= 0.6 is 11.3 Å². The van der Waals surface area contributed by atoms with E-state index in [2.05, 4.69) is 21.6 Å². The van der Waals surface area contributed by atoms with E-state index in [-0.39, 0.29) is 23.8 Å². The van der Waals surface area contributed by atoms with Gasteiger partial charge in [0, 0.05) is 23.1 Å². The summed E-state index contributed by atoms with van der Waals surface area (Å²) < 4.78 is 10.5. The Bertz CT molecular complexity index is 815. The van der Waals surface area contributed by atoms with Crippen molar-refractivity contribution in [2.75, 3.05) is 34.9 Å². The van der Waals surface area contributed by atoms with Crippen molar-refractivity contribution in [3.63, 3.8) is 0 Å². The topological polar surface area (TPSA) is 79.9 Å². The monoisotopic (exact) mass is 433 g/mol. The van der Waals surface area contributed by atoms with Gasteiger partial charge in [0.05, 0.1) is 20.3 Å². The molecule has 0 saturated heterocycles. The Hall–Kier alpha value is -2.58. The molecule has 1 aromatic carbocycles. The minimum atomic E-state index is -0.666. The molecule has 8 heteroatoms. The molecule has 0 saturated carbocycles. The van der Waals surface area contributed by atoms with Crippen molar-refractivity contribution in [1.82, 2.24) is 15.5 Å². The van der Waals surface area contributed by atoms with E-state index < -0.39 is 6.04 Å². The Kier molecular flexibility index (Phi) is 8.68. The number of carbonyl (C=O) groups excluding carboxylic acids is 2. The number of nitrogens with one attached hydrogen (secondary N) is 2. The zero-order valence-corrected chi connectivity index (χ0v) is 19.2. The number of thiophene rings is 1. The Labute approximate surface area is 182 Å². The summed E-state index contributed by atoms with van der Waals surface area (Å²) in [4.78, 5) is 29.0. The molecule has 2 N–H and O–H groups in total. The molecule has 0 fully saturated rings. The van der Waals surface area contributed by atoms with Gasteiger partial charge in [0.1, 0.15) is 17.5 Å². The van der Waals surface area contributed by atoms with Crippen LogP contribution in [0.5, 0.6) is 11.5 Å². The van der Waals surface area contributed by atoms with Crippen molar-refractivity contribution in [3.05, 3.63) is 46.2 Å². The van der Waals surface area contributed by atoms with E-state index in [1.165, 1.54) is 19.1 Å². The molecule has 2 amide bonds. The maximum atomic E-state index is 12.9. The van der Waals surface area contributed by atoms with Crippen LogP contribution in [0.2, 0.25) is 0 Å². The summed E-state index contributed by atoms with van der Waals surface area (Å²) in [6, 6.07) is 8.38. The van der Waals surface area contributed by atoms with Crippen molar-refractivity contribution >= 4 is 23.2 Å². The molecule has 2 atom stereocenters. The Morgan fingerprint density at radius 1 is 1.10 bits per heavy atom. The number of carbonyl (C=O) groups is 2. The highest BCUT2D eigenvalue weighted by Crippen LogP contribution is 2.23. The molecule has 30 heavy (non-hydrogen) atoms. The molecule has 0 bridgehead atoms. The van der Waals surface area contributed by atoms with Crippen LogP contribution in [0.25, 0.3) is 0 Å². The third-order valence-electron chi connectivity index (χ3n) is 4.81. The number of amides is 2. The van der Waals surface area contributed by atoms with Gasteiger partial charge in [0.2, 0.25) is 5.91 Å². The average molecular weight is 434 g/mol. The van der Waals surface area contributed by atoms with Crippen LogP contribution < -0.4 is 20.1 Å². The zero-order chi connectivity index (χ0) is 22.3. The van der Waals surface area contributed by atoms with Crippen molar-refractivity contribution in [1.29, 1.82) is 0 Å². The molecule has 0 spiro atoms. The second-order valence-electron chi connectivity index (χ2n) is 7.54. The molecule has 0 radical (unpaired) electrons. The van der Waals surface area contributed by atoms with Gasteiger partial charge >= 0.3 is 0 Å². The lowest BCUT2D eigenvalue weighted by Gasteiger charge is -2.26. The summed E-state index contributed by atoms with van der Waals surface area (Å²) in [6.45, 7) is 4.26. The minimum absolute atomic E-state index is 0.0695. The van der Waals surface area contributed by atoms with Gasteiger partial charge in [-0.25, -0.2) is 0 Å². The van der Waals surface area contributed by atoms with E-state index in [1.54, 1.807) is 29.5 Å². The molecule has 0 aliphatic carbocycles. The second-order valence-corrected chi connectivity index (χ2v) is 8.52. The fourth-order valence-electron chi connectivity index (χ4n) is 3.02. The van der Waals surface area contributed by atoms with Gasteiger partial charge in [-0.15, -0.1) is 11.3 Å². The predicted octanol–water partition coefficient (Wildman–Crippen LogP) is 2.94. The van der Waals surface area contributed by atoms with Crippen molar-refractivity contribution in [2.24, 2.45) is 5.92 Å². The minimum Gasteiger partial charge on any atom is -0.497 e. The highest BCUT2D eigenvalue weighted by atomic mass is 32.1. The van der Waals surface area contributed by atoms with Crippen LogP contribution in [0, 0.1) is 5.92 Å². The largest absolute Gasteiger partial charge is 0.497 e. The standard InChI is InChI=1S/C22H31N3O4S/c1-14(2)20(22(27)23-13-18(25(3)4)19-8-7-9-30-19)24-21(26)15-10-16(28-5)12-17(11-15)29-6/h7-12,14,18,20H,13H2,1-6H3,(H,23,27)(H,24,26)/t18-,20+/m0/s1. The van der Waals surface area contributed by atoms with E-state index in [9.17, 15) is 9.59 Å². The Morgan fingerprint density at radius 3 is 2.20 bits per heavy atom. The van der Waals surface area contributed by atoms with Gasteiger partial charge in [-0.2, -0.15) is 0 Å². The molecule has 2 rings (SSSR count). The predicted molar refractivity (Wildman–Crippen MR) is 119 cm³/mol. The summed E-state index contributed by atoms with van der Waals surface area (Å²) in [7, 11) is 7.01. The van der Waals surface area contributed by atoms with E-state index in [0.717, 1.165) is 0 Å². The number of likely N-dealkylation sites (N-methyl/N-ethyl adjacent to an activating group) is 1. The molecular formula is C22H31N3O4S. The van der Waals surface area contributed by atoms with Gasteiger partial charge in [-0.05, 0) is 43.6 Å². The Balaban J connectivity index is 2.09. The maximum absolute atomic E-state index is 12.9. The number of benzene rings is 1. The van der Waals surface area contributed by atoms with Gasteiger partial charge in [0.15, 0.2) is 0 Å². The van der Waals surface area contributed by atoms with Gasteiger partial charge in [-0.1, -0.05) is 19.9 Å². The lowest BCUT2D eigenvalue weighted by atomic mass is 10.0. The smallest absolute Gasteiger partial charge is 0.252 e. The van der Waals surface area contributed by atoms with Crippen LogP contribution in [-0.4, -0.2) is 57.6 Å². The van der Waals surface area contributed by atoms with Crippen molar-refractivity contribution in [2.45, 2.75) is 25.9 Å². The molecule has 7 nitrogen and oxygen atoms in total. The number of ether oxygens (including phenoxy) is 2. The van der Waals surface area contributed by atoms with Crippen LogP contribution in [0.15, 0.2) is 35.7 Å². The molecule has 0 aliphatic rings. The van der Waals surface area contributed by atoms with Crippen LogP contribution in [-0.2, 0) is 4.79 Å². The average Bonchev–Trinajstić information content (AvgIpc) is 3.25. The lowest BCUT2D eigenvalue weighted by Crippen LogP contribution is -2.51. The first-order valence-electron chi connectivity index (χ1n) is 9.78. The lowest BCUT2D eigenvalue weighted by molar-refractivity contribution is -0.124. The highest BCUT2D eigenvalue weighted by Gasteiger charge is 2.26. The maximum Gasteiger partial charge on any atom is 0.252 e. The zero-order valence-electron chi connectivity index (χ0n) is 18.4. The Morgan fingerprint density at radius 2 is 1.73 bits per heavy atom. The molecule has 2 aromatic rings. The van der Waals surface area contributed by atoms with Crippen molar-refractivity contribution in [3.8, 4) is 11.5 Å². The first-order valence-corrected chi connectivity index (χ1v) is 10.7. The summed E-state index contributed by atoms with van der Waals surface area (Å²) in [6.07, 6.45) is 0. The summed E-state index contributed by atoms with van der Waals surface area (Å²) in [5.41, 5.74) is 0.370. The van der Waals surface area contributed by atoms with Crippen LogP contribution in [0.4, 0.5) is 0 Å².